The number of nitrogens with one attached hydrogen (secondary N) is 1. The van der Waals surface area contributed by atoms with Crippen molar-refractivity contribution < 1.29 is 4.39 Å². The molecule has 1 N–H and O–H groups in total. The van der Waals surface area contributed by atoms with Crippen molar-refractivity contribution in [3.05, 3.63) is 56.5 Å². The lowest BCUT2D eigenvalue weighted by Crippen LogP contribution is -2.18. The van der Waals surface area contributed by atoms with E-state index >= 15 is 0 Å². The lowest BCUT2D eigenvalue weighted by atomic mass is 10.00. The molecule has 1 unspecified atom stereocenters. The second-order valence-electron chi connectivity index (χ2n) is 4.26. The van der Waals surface area contributed by atoms with E-state index in [0.717, 1.165) is 21.9 Å². The molecule has 1 aromatic carbocycles. The number of hydrogen-bond donors (Lipinski definition) is 1. The summed E-state index contributed by atoms with van der Waals surface area (Å²) in [5.74, 6) is -0.185. The summed E-state index contributed by atoms with van der Waals surface area (Å²) in [7, 11) is 1.91. The summed E-state index contributed by atoms with van der Waals surface area (Å²) in [6.07, 6.45) is 0.761. The lowest BCUT2D eigenvalue weighted by molar-refractivity contribution is 0.590. The smallest absolute Gasteiger partial charge is 0.123 e. The van der Waals surface area contributed by atoms with Crippen molar-refractivity contribution in [3.8, 4) is 0 Å². The molecule has 0 bridgehead atoms. The summed E-state index contributed by atoms with van der Waals surface area (Å²) in [6, 6.07) is 9.00. The van der Waals surface area contributed by atoms with E-state index in [-0.39, 0.29) is 11.9 Å². The number of likely N-dealkylation sites (N-methyl/N-ethyl adjacent to an activating group) is 1. The van der Waals surface area contributed by atoms with Crippen molar-refractivity contribution >= 4 is 22.9 Å². The van der Waals surface area contributed by atoms with Gasteiger partial charge in [-0.25, -0.2) is 4.39 Å². The molecular weight excluding hydrogens is 269 g/mol. The summed E-state index contributed by atoms with van der Waals surface area (Å²) >= 11 is 7.51. The van der Waals surface area contributed by atoms with Crippen molar-refractivity contribution in [2.75, 3.05) is 7.05 Å². The maximum Gasteiger partial charge on any atom is 0.123 e. The van der Waals surface area contributed by atoms with Gasteiger partial charge in [0.1, 0.15) is 5.82 Å². The van der Waals surface area contributed by atoms with Crippen molar-refractivity contribution in [2.45, 2.75) is 19.4 Å². The molecule has 1 aromatic heterocycles. The SMILES string of the molecule is CNC(Cc1cc(F)ccc1C)c1ccc(Cl)s1. The largest absolute Gasteiger partial charge is 0.312 e. The van der Waals surface area contributed by atoms with Crippen molar-refractivity contribution in [1.29, 1.82) is 0 Å². The summed E-state index contributed by atoms with van der Waals surface area (Å²) in [4.78, 5) is 1.17. The Kier molecular flexibility index (Phi) is 4.38. The third-order valence-electron chi connectivity index (χ3n) is 3.02. The van der Waals surface area contributed by atoms with Crippen LogP contribution in [0.2, 0.25) is 4.34 Å². The van der Waals surface area contributed by atoms with Crippen LogP contribution in [-0.2, 0) is 6.42 Å². The van der Waals surface area contributed by atoms with Gasteiger partial charge in [-0.1, -0.05) is 17.7 Å². The minimum absolute atomic E-state index is 0.169. The zero-order chi connectivity index (χ0) is 13.1. The average Bonchev–Trinajstić information content (AvgIpc) is 2.77. The molecule has 0 aliphatic rings. The standard InChI is InChI=1S/C14H15ClFNS/c1-9-3-4-11(16)7-10(9)8-12(17-2)13-5-6-14(15)18-13/h3-7,12,17H,8H2,1-2H3. The minimum Gasteiger partial charge on any atom is -0.312 e. The first-order chi connectivity index (χ1) is 8.60. The maximum absolute atomic E-state index is 13.3. The van der Waals surface area contributed by atoms with Crippen molar-refractivity contribution in [2.24, 2.45) is 0 Å². The first-order valence-electron chi connectivity index (χ1n) is 5.77. The van der Waals surface area contributed by atoms with E-state index < -0.39 is 0 Å². The average molecular weight is 284 g/mol. The first-order valence-corrected chi connectivity index (χ1v) is 6.97. The predicted octanol–water partition coefficient (Wildman–Crippen LogP) is 4.35. The Bertz CT molecular complexity index is 538. The van der Waals surface area contributed by atoms with Crippen LogP contribution in [0.25, 0.3) is 0 Å². The molecule has 0 amide bonds. The number of thiophene rings is 1. The zero-order valence-corrected chi connectivity index (χ0v) is 11.9. The third kappa shape index (κ3) is 3.10. The Morgan fingerprint density at radius 3 is 2.72 bits per heavy atom. The van der Waals surface area contributed by atoms with Crippen LogP contribution in [0.1, 0.15) is 22.0 Å². The van der Waals surface area contributed by atoms with E-state index in [4.69, 9.17) is 11.6 Å². The number of rotatable bonds is 4. The van der Waals surface area contributed by atoms with E-state index in [0.29, 0.717) is 0 Å². The lowest BCUT2D eigenvalue weighted by Gasteiger charge is -2.16. The highest BCUT2D eigenvalue weighted by atomic mass is 35.5. The van der Waals surface area contributed by atoms with Crippen LogP contribution < -0.4 is 5.32 Å². The van der Waals surface area contributed by atoms with Crippen LogP contribution in [0.3, 0.4) is 0 Å². The number of hydrogen-bond acceptors (Lipinski definition) is 2. The Labute approximate surface area is 116 Å². The third-order valence-corrected chi connectivity index (χ3v) is 4.37. The predicted molar refractivity (Wildman–Crippen MR) is 76.0 cm³/mol. The molecule has 0 fully saturated rings. The molecule has 0 aliphatic carbocycles. The van der Waals surface area contributed by atoms with Gasteiger partial charge in [-0.15, -0.1) is 11.3 Å². The Morgan fingerprint density at radius 2 is 2.11 bits per heavy atom. The monoisotopic (exact) mass is 283 g/mol. The van der Waals surface area contributed by atoms with Crippen molar-refractivity contribution in [3.63, 3.8) is 0 Å². The van der Waals surface area contributed by atoms with Crippen LogP contribution >= 0.6 is 22.9 Å². The molecular formula is C14H15ClFNS. The molecule has 4 heteroatoms. The van der Waals surface area contributed by atoms with Gasteiger partial charge in [0.05, 0.1) is 4.34 Å². The van der Waals surface area contributed by atoms with Gasteiger partial charge in [-0.2, -0.15) is 0 Å². The van der Waals surface area contributed by atoms with E-state index in [1.165, 1.54) is 10.9 Å². The highest BCUT2D eigenvalue weighted by Gasteiger charge is 2.14. The van der Waals surface area contributed by atoms with E-state index in [9.17, 15) is 4.39 Å². The maximum atomic E-state index is 13.3. The van der Waals surface area contributed by atoms with E-state index in [2.05, 4.69) is 5.32 Å². The number of halogens is 2. The van der Waals surface area contributed by atoms with Gasteiger partial charge < -0.3 is 5.32 Å². The van der Waals surface area contributed by atoms with Gasteiger partial charge in [0.2, 0.25) is 0 Å². The Morgan fingerprint density at radius 1 is 1.33 bits per heavy atom. The quantitative estimate of drug-likeness (QED) is 0.879. The summed E-state index contributed by atoms with van der Waals surface area (Å²) < 4.78 is 14.0. The summed E-state index contributed by atoms with van der Waals surface area (Å²) in [5, 5.41) is 3.26. The molecule has 96 valence electrons. The molecule has 0 aliphatic heterocycles. The highest BCUT2D eigenvalue weighted by molar-refractivity contribution is 7.16. The van der Waals surface area contributed by atoms with Gasteiger partial charge in [0, 0.05) is 10.9 Å². The van der Waals surface area contributed by atoms with Crippen LogP contribution in [0, 0.1) is 12.7 Å². The fourth-order valence-electron chi connectivity index (χ4n) is 1.94. The minimum atomic E-state index is -0.185. The van der Waals surface area contributed by atoms with Crippen LogP contribution in [-0.4, -0.2) is 7.05 Å². The molecule has 0 saturated heterocycles. The van der Waals surface area contributed by atoms with Gasteiger partial charge >= 0.3 is 0 Å². The molecule has 1 atom stereocenters. The molecule has 18 heavy (non-hydrogen) atoms. The van der Waals surface area contributed by atoms with Gasteiger partial charge in [-0.05, 0) is 55.8 Å². The van der Waals surface area contributed by atoms with E-state index in [1.54, 1.807) is 17.4 Å². The highest BCUT2D eigenvalue weighted by Crippen LogP contribution is 2.29. The van der Waals surface area contributed by atoms with Crippen molar-refractivity contribution in [1.82, 2.24) is 5.32 Å². The number of aryl methyl sites for hydroxylation is 1. The summed E-state index contributed by atoms with van der Waals surface area (Å²) in [6.45, 7) is 2.00. The molecule has 1 heterocycles. The molecule has 2 rings (SSSR count). The Balaban J connectivity index is 2.22. The zero-order valence-electron chi connectivity index (χ0n) is 10.3. The number of benzene rings is 1. The molecule has 2 aromatic rings. The molecule has 0 saturated carbocycles. The van der Waals surface area contributed by atoms with E-state index in [1.807, 2.05) is 32.2 Å². The van der Waals surface area contributed by atoms with Crippen LogP contribution in [0.15, 0.2) is 30.3 Å². The van der Waals surface area contributed by atoms with Crippen LogP contribution in [0.5, 0.6) is 0 Å². The fourth-order valence-corrected chi connectivity index (χ4v) is 3.11. The Hall–Kier alpha value is -0.900. The van der Waals surface area contributed by atoms with Crippen LogP contribution in [0.4, 0.5) is 4.39 Å². The second-order valence-corrected chi connectivity index (χ2v) is 6.00. The van der Waals surface area contributed by atoms with Gasteiger partial charge in [0.15, 0.2) is 0 Å². The topological polar surface area (TPSA) is 12.0 Å². The molecule has 0 radical (unpaired) electrons. The normalized spacial score (nSPS) is 12.7. The second kappa shape index (κ2) is 5.83. The molecule has 0 spiro atoms. The summed E-state index contributed by atoms with van der Waals surface area (Å²) in [5.41, 5.74) is 2.14. The van der Waals surface area contributed by atoms with Gasteiger partial charge in [-0.3, -0.25) is 0 Å². The fraction of sp³-hybridized carbons (Fsp3) is 0.286. The first kappa shape index (κ1) is 13.5. The van der Waals surface area contributed by atoms with Gasteiger partial charge in [0.25, 0.3) is 0 Å². The molecule has 1 nitrogen and oxygen atoms in total.